The summed E-state index contributed by atoms with van der Waals surface area (Å²) in [6, 6.07) is 0. The third-order valence-corrected chi connectivity index (χ3v) is 2.18. The van der Waals surface area contributed by atoms with Crippen molar-refractivity contribution in [2.45, 2.75) is 18.9 Å². The summed E-state index contributed by atoms with van der Waals surface area (Å²) < 4.78 is 36.9. The van der Waals surface area contributed by atoms with E-state index in [0.29, 0.717) is 13.0 Å². The molecule has 1 rings (SSSR count). The zero-order chi connectivity index (χ0) is 7.61. The van der Waals surface area contributed by atoms with Crippen LogP contribution in [0.25, 0.3) is 0 Å². The van der Waals surface area contributed by atoms with Crippen LogP contribution in [0.15, 0.2) is 0 Å². The van der Waals surface area contributed by atoms with Gasteiger partial charge in [-0.15, -0.1) is 3.89 Å². The van der Waals surface area contributed by atoms with Gasteiger partial charge in [0.25, 0.3) is 0 Å². The summed E-state index contributed by atoms with van der Waals surface area (Å²) in [5.74, 6) is -0.479. The Bertz CT molecular complexity index is 193. The minimum absolute atomic E-state index is 0.407. The van der Waals surface area contributed by atoms with Gasteiger partial charge < -0.3 is 4.74 Å². The summed E-state index contributed by atoms with van der Waals surface area (Å²) >= 11 is 0. The van der Waals surface area contributed by atoms with Gasteiger partial charge in [-0.1, -0.05) is 0 Å². The summed E-state index contributed by atoms with van der Waals surface area (Å²) in [7, 11) is -4.33. The Morgan fingerprint density at radius 2 is 2.30 bits per heavy atom. The van der Waals surface area contributed by atoms with Crippen molar-refractivity contribution >= 4 is 10.2 Å². The molecule has 5 heteroatoms. The Morgan fingerprint density at radius 3 is 2.70 bits per heavy atom. The van der Waals surface area contributed by atoms with Gasteiger partial charge in [0.2, 0.25) is 0 Å². The molecule has 0 saturated carbocycles. The molecular formula is C5H9FO3S. The summed E-state index contributed by atoms with van der Waals surface area (Å²) in [6.07, 6.45) is 1.08. The Morgan fingerprint density at radius 1 is 1.60 bits per heavy atom. The molecular weight excluding hydrogens is 159 g/mol. The van der Waals surface area contributed by atoms with Crippen LogP contribution in [0.2, 0.25) is 0 Å². The van der Waals surface area contributed by atoms with Crippen LogP contribution in [0, 0.1) is 0 Å². The minimum Gasteiger partial charge on any atom is -0.377 e. The molecule has 0 bridgehead atoms. The van der Waals surface area contributed by atoms with E-state index in [2.05, 4.69) is 0 Å². The molecule has 0 unspecified atom stereocenters. The average molecular weight is 168 g/mol. The van der Waals surface area contributed by atoms with Gasteiger partial charge in [-0.2, -0.15) is 8.42 Å². The van der Waals surface area contributed by atoms with Crippen molar-refractivity contribution in [1.29, 1.82) is 0 Å². The molecule has 1 heterocycles. The van der Waals surface area contributed by atoms with Gasteiger partial charge in [0.1, 0.15) is 5.75 Å². The predicted molar refractivity (Wildman–Crippen MR) is 33.9 cm³/mol. The van der Waals surface area contributed by atoms with E-state index in [1.54, 1.807) is 0 Å². The first kappa shape index (κ1) is 7.94. The number of ether oxygens (including phenoxy) is 1. The van der Waals surface area contributed by atoms with Gasteiger partial charge in [-0.3, -0.25) is 0 Å². The second kappa shape index (κ2) is 2.84. The highest BCUT2D eigenvalue weighted by Gasteiger charge is 2.22. The third-order valence-electron chi connectivity index (χ3n) is 1.41. The number of hydrogen-bond acceptors (Lipinski definition) is 3. The quantitative estimate of drug-likeness (QED) is 0.563. The monoisotopic (exact) mass is 168 g/mol. The van der Waals surface area contributed by atoms with Crippen LogP contribution >= 0.6 is 0 Å². The maximum Gasteiger partial charge on any atom is 0.304 e. The maximum absolute atomic E-state index is 11.9. The molecule has 1 aliphatic rings. The normalized spacial score (nSPS) is 27.1. The fourth-order valence-corrected chi connectivity index (χ4v) is 1.70. The van der Waals surface area contributed by atoms with Crippen LogP contribution < -0.4 is 0 Å². The molecule has 10 heavy (non-hydrogen) atoms. The lowest BCUT2D eigenvalue weighted by Crippen LogP contribution is -2.16. The third kappa shape index (κ3) is 2.62. The van der Waals surface area contributed by atoms with Gasteiger partial charge in [0.15, 0.2) is 0 Å². The van der Waals surface area contributed by atoms with E-state index >= 15 is 0 Å². The Kier molecular flexibility index (Phi) is 2.25. The van der Waals surface area contributed by atoms with Crippen LogP contribution in [-0.4, -0.2) is 26.9 Å². The molecule has 1 aliphatic heterocycles. The number of rotatable bonds is 2. The van der Waals surface area contributed by atoms with Crippen LogP contribution in [0.4, 0.5) is 3.89 Å². The molecule has 1 atom stereocenters. The molecule has 0 radical (unpaired) electrons. The van der Waals surface area contributed by atoms with Crippen LogP contribution in [0.1, 0.15) is 12.8 Å². The summed E-state index contributed by atoms with van der Waals surface area (Å²) in [5.41, 5.74) is 0. The predicted octanol–water partition coefficient (Wildman–Crippen LogP) is 0.465. The van der Waals surface area contributed by atoms with Crippen molar-refractivity contribution in [1.82, 2.24) is 0 Å². The lowest BCUT2D eigenvalue weighted by Gasteiger charge is -2.03. The molecule has 60 valence electrons. The largest absolute Gasteiger partial charge is 0.377 e. The van der Waals surface area contributed by atoms with Crippen LogP contribution in [-0.2, 0) is 15.0 Å². The minimum atomic E-state index is -4.33. The highest BCUT2D eigenvalue weighted by molar-refractivity contribution is 7.86. The molecule has 3 nitrogen and oxygen atoms in total. The van der Waals surface area contributed by atoms with Crippen molar-refractivity contribution in [3.05, 3.63) is 0 Å². The summed E-state index contributed by atoms with van der Waals surface area (Å²) in [5, 5.41) is 0. The van der Waals surface area contributed by atoms with Gasteiger partial charge in [0.05, 0.1) is 6.10 Å². The van der Waals surface area contributed by atoms with Crippen molar-refractivity contribution in [2.24, 2.45) is 0 Å². The molecule has 0 spiro atoms. The van der Waals surface area contributed by atoms with Crippen LogP contribution in [0.3, 0.4) is 0 Å². The molecule has 0 aromatic rings. The van der Waals surface area contributed by atoms with E-state index in [1.807, 2.05) is 0 Å². The highest BCUT2D eigenvalue weighted by Crippen LogP contribution is 2.14. The van der Waals surface area contributed by atoms with E-state index in [9.17, 15) is 12.3 Å². The highest BCUT2D eigenvalue weighted by atomic mass is 32.3. The molecule has 0 aliphatic carbocycles. The standard InChI is InChI=1S/C5H9FO3S/c6-10(7,8)4-5-2-1-3-9-5/h5H,1-4H2/t5-/m1/s1. The van der Waals surface area contributed by atoms with Crippen molar-refractivity contribution in [3.63, 3.8) is 0 Å². The Labute approximate surface area is 59.4 Å². The second-order valence-electron chi connectivity index (χ2n) is 2.34. The lowest BCUT2D eigenvalue weighted by atomic mass is 10.3. The van der Waals surface area contributed by atoms with Gasteiger partial charge in [0, 0.05) is 6.61 Å². The first-order valence-electron chi connectivity index (χ1n) is 3.12. The van der Waals surface area contributed by atoms with Gasteiger partial charge in [-0.05, 0) is 12.8 Å². The van der Waals surface area contributed by atoms with E-state index in [1.165, 1.54) is 0 Å². The van der Waals surface area contributed by atoms with E-state index in [0.717, 1.165) is 6.42 Å². The molecule has 0 aromatic heterocycles. The zero-order valence-electron chi connectivity index (χ0n) is 5.42. The van der Waals surface area contributed by atoms with Crippen molar-refractivity contribution < 1.29 is 17.0 Å². The van der Waals surface area contributed by atoms with E-state index in [-0.39, 0.29) is 0 Å². The number of halogens is 1. The average Bonchev–Trinajstić information content (AvgIpc) is 2.12. The first-order valence-corrected chi connectivity index (χ1v) is 4.67. The summed E-state index contributed by atoms with van der Waals surface area (Å²) in [6.45, 7) is 0.556. The van der Waals surface area contributed by atoms with E-state index < -0.39 is 22.1 Å². The molecule has 1 saturated heterocycles. The molecule has 1 fully saturated rings. The van der Waals surface area contributed by atoms with Crippen LogP contribution in [0.5, 0.6) is 0 Å². The lowest BCUT2D eigenvalue weighted by molar-refractivity contribution is 0.127. The molecule has 0 aromatic carbocycles. The first-order chi connectivity index (χ1) is 4.58. The maximum atomic E-state index is 11.9. The smallest absolute Gasteiger partial charge is 0.304 e. The van der Waals surface area contributed by atoms with Gasteiger partial charge >= 0.3 is 10.2 Å². The van der Waals surface area contributed by atoms with Crippen molar-refractivity contribution in [2.75, 3.05) is 12.4 Å². The summed E-state index contributed by atoms with van der Waals surface area (Å²) in [4.78, 5) is 0. The fraction of sp³-hybridized carbons (Fsp3) is 1.00. The molecule has 0 N–H and O–H groups in total. The topological polar surface area (TPSA) is 43.4 Å². The Balaban J connectivity index is 2.38. The second-order valence-corrected chi connectivity index (χ2v) is 3.75. The number of hydrogen-bond donors (Lipinski definition) is 0. The van der Waals surface area contributed by atoms with Gasteiger partial charge in [-0.25, -0.2) is 0 Å². The fourth-order valence-electron chi connectivity index (χ4n) is 0.998. The molecule has 0 amide bonds. The Hall–Kier alpha value is -0.160. The van der Waals surface area contributed by atoms with E-state index in [4.69, 9.17) is 4.74 Å². The zero-order valence-corrected chi connectivity index (χ0v) is 6.23. The van der Waals surface area contributed by atoms with Crippen molar-refractivity contribution in [3.8, 4) is 0 Å². The SMILES string of the molecule is O=S(=O)(F)C[C@H]1CCCO1.